The summed E-state index contributed by atoms with van der Waals surface area (Å²) in [6, 6.07) is 7.80. The molecule has 1 aromatic carbocycles. The zero-order valence-electron chi connectivity index (χ0n) is 12.3. The van der Waals surface area contributed by atoms with Crippen LogP contribution in [0.3, 0.4) is 0 Å². The summed E-state index contributed by atoms with van der Waals surface area (Å²) in [6.07, 6.45) is 2.26. The molecule has 0 N–H and O–H groups in total. The summed E-state index contributed by atoms with van der Waals surface area (Å²) >= 11 is 5.98. The standard InChI is InChI=1S/C16H23ClN2O/c1-13-6-8-19(9-7-13)16(20)12-18(2)11-14-4-3-5-15(17)10-14/h3-5,10,13H,6-9,11-12H2,1-2H3. The Morgan fingerprint density at radius 3 is 2.75 bits per heavy atom. The lowest BCUT2D eigenvalue weighted by molar-refractivity contribution is -0.133. The Bertz CT molecular complexity index is 456. The third kappa shape index (κ3) is 4.50. The van der Waals surface area contributed by atoms with Gasteiger partial charge in [-0.05, 0) is 43.5 Å². The fraction of sp³-hybridized carbons (Fsp3) is 0.562. The molecule has 0 spiro atoms. The molecule has 0 aromatic heterocycles. The maximum Gasteiger partial charge on any atom is 0.236 e. The second-order valence-corrected chi connectivity index (χ2v) is 6.30. The molecule has 20 heavy (non-hydrogen) atoms. The Morgan fingerprint density at radius 2 is 2.10 bits per heavy atom. The van der Waals surface area contributed by atoms with E-state index in [1.165, 1.54) is 0 Å². The van der Waals surface area contributed by atoms with Crippen LogP contribution in [0.2, 0.25) is 5.02 Å². The second kappa shape index (κ2) is 7.09. The smallest absolute Gasteiger partial charge is 0.236 e. The maximum atomic E-state index is 12.2. The van der Waals surface area contributed by atoms with Gasteiger partial charge in [0.15, 0.2) is 0 Å². The Morgan fingerprint density at radius 1 is 1.40 bits per heavy atom. The molecule has 1 aliphatic rings. The van der Waals surface area contributed by atoms with E-state index in [9.17, 15) is 4.79 Å². The third-order valence-corrected chi connectivity index (χ3v) is 4.12. The Kier molecular flexibility index (Phi) is 5.44. The fourth-order valence-corrected chi connectivity index (χ4v) is 2.80. The lowest BCUT2D eigenvalue weighted by Crippen LogP contribution is -2.42. The third-order valence-electron chi connectivity index (χ3n) is 3.88. The molecule has 1 saturated heterocycles. The van der Waals surface area contributed by atoms with Crippen molar-refractivity contribution in [3.05, 3.63) is 34.9 Å². The van der Waals surface area contributed by atoms with Crippen molar-refractivity contribution in [2.45, 2.75) is 26.3 Å². The zero-order valence-corrected chi connectivity index (χ0v) is 13.1. The van der Waals surface area contributed by atoms with Gasteiger partial charge in [0.1, 0.15) is 0 Å². The van der Waals surface area contributed by atoms with E-state index in [1.807, 2.05) is 41.1 Å². The molecule has 0 radical (unpaired) electrons. The van der Waals surface area contributed by atoms with Crippen LogP contribution < -0.4 is 0 Å². The summed E-state index contributed by atoms with van der Waals surface area (Å²) in [7, 11) is 1.98. The number of likely N-dealkylation sites (tertiary alicyclic amines) is 1. The van der Waals surface area contributed by atoms with Gasteiger partial charge in [-0.25, -0.2) is 0 Å². The molecule has 110 valence electrons. The van der Waals surface area contributed by atoms with Crippen LogP contribution in [0.4, 0.5) is 0 Å². The number of hydrogen-bond acceptors (Lipinski definition) is 2. The van der Waals surface area contributed by atoms with Crippen LogP contribution in [-0.4, -0.2) is 42.4 Å². The van der Waals surface area contributed by atoms with Crippen molar-refractivity contribution < 1.29 is 4.79 Å². The van der Waals surface area contributed by atoms with Crippen molar-refractivity contribution in [1.29, 1.82) is 0 Å². The number of halogens is 1. The SMILES string of the molecule is CC1CCN(C(=O)CN(C)Cc2cccc(Cl)c2)CC1. The summed E-state index contributed by atoms with van der Waals surface area (Å²) in [5.74, 6) is 0.990. The van der Waals surface area contributed by atoms with Crippen molar-refractivity contribution >= 4 is 17.5 Å². The minimum atomic E-state index is 0.237. The molecule has 0 saturated carbocycles. The lowest BCUT2D eigenvalue weighted by atomic mass is 9.99. The summed E-state index contributed by atoms with van der Waals surface area (Å²) in [4.78, 5) is 16.3. The molecule has 1 heterocycles. The van der Waals surface area contributed by atoms with Gasteiger partial charge in [-0.2, -0.15) is 0 Å². The predicted octanol–water partition coefficient (Wildman–Crippen LogP) is 3.03. The number of benzene rings is 1. The van der Waals surface area contributed by atoms with Crippen molar-refractivity contribution in [3.8, 4) is 0 Å². The van der Waals surface area contributed by atoms with Gasteiger partial charge in [0.2, 0.25) is 5.91 Å². The predicted molar refractivity (Wildman–Crippen MR) is 82.8 cm³/mol. The minimum Gasteiger partial charge on any atom is -0.342 e. The van der Waals surface area contributed by atoms with Crippen LogP contribution in [0.15, 0.2) is 24.3 Å². The maximum absolute atomic E-state index is 12.2. The quantitative estimate of drug-likeness (QED) is 0.852. The molecular formula is C16H23ClN2O. The van der Waals surface area contributed by atoms with Gasteiger partial charge < -0.3 is 4.90 Å². The molecule has 0 aliphatic carbocycles. The Labute approximate surface area is 126 Å². The van der Waals surface area contributed by atoms with E-state index in [-0.39, 0.29) is 5.91 Å². The molecule has 1 fully saturated rings. The van der Waals surface area contributed by atoms with Gasteiger partial charge in [0.05, 0.1) is 6.54 Å². The normalized spacial score (nSPS) is 16.7. The monoisotopic (exact) mass is 294 g/mol. The minimum absolute atomic E-state index is 0.237. The van der Waals surface area contributed by atoms with Crippen LogP contribution in [0.25, 0.3) is 0 Å². The number of rotatable bonds is 4. The molecule has 0 bridgehead atoms. The van der Waals surface area contributed by atoms with Gasteiger partial charge in [-0.1, -0.05) is 30.7 Å². The molecule has 1 amide bonds. The number of hydrogen-bond donors (Lipinski definition) is 0. The first-order valence-electron chi connectivity index (χ1n) is 7.25. The average molecular weight is 295 g/mol. The molecule has 1 aliphatic heterocycles. The number of nitrogens with zero attached hydrogens (tertiary/aromatic N) is 2. The van der Waals surface area contributed by atoms with Gasteiger partial charge in [0, 0.05) is 24.7 Å². The molecule has 2 rings (SSSR count). The molecule has 3 nitrogen and oxygen atoms in total. The Balaban J connectivity index is 1.82. The van der Waals surface area contributed by atoms with E-state index in [1.54, 1.807) is 0 Å². The van der Waals surface area contributed by atoms with Crippen molar-refractivity contribution in [2.75, 3.05) is 26.7 Å². The fourth-order valence-electron chi connectivity index (χ4n) is 2.59. The van der Waals surface area contributed by atoms with E-state index < -0.39 is 0 Å². The largest absolute Gasteiger partial charge is 0.342 e. The lowest BCUT2D eigenvalue weighted by Gasteiger charge is -2.31. The number of likely N-dealkylation sites (N-methyl/N-ethyl adjacent to an activating group) is 1. The topological polar surface area (TPSA) is 23.6 Å². The first-order valence-corrected chi connectivity index (χ1v) is 7.63. The van der Waals surface area contributed by atoms with Crippen LogP contribution in [0.5, 0.6) is 0 Å². The molecule has 0 atom stereocenters. The summed E-state index contributed by atoms with van der Waals surface area (Å²) in [6.45, 7) is 5.29. The van der Waals surface area contributed by atoms with Gasteiger partial charge in [-0.3, -0.25) is 9.69 Å². The van der Waals surface area contributed by atoms with Crippen LogP contribution in [-0.2, 0) is 11.3 Å². The van der Waals surface area contributed by atoms with Crippen molar-refractivity contribution in [2.24, 2.45) is 5.92 Å². The van der Waals surface area contributed by atoms with Crippen molar-refractivity contribution in [1.82, 2.24) is 9.80 Å². The highest BCUT2D eigenvalue weighted by atomic mass is 35.5. The molecule has 0 unspecified atom stereocenters. The van der Waals surface area contributed by atoms with E-state index >= 15 is 0 Å². The van der Waals surface area contributed by atoms with E-state index in [0.29, 0.717) is 6.54 Å². The second-order valence-electron chi connectivity index (χ2n) is 5.87. The van der Waals surface area contributed by atoms with Crippen LogP contribution >= 0.6 is 11.6 Å². The van der Waals surface area contributed by atoms with E-state index in [0.717, 1.165) is 49.0 Å². The summed E-state index contributed by atoms with van der Waals surface area (Å²) in [5.41, 5.74) is 1.14. The van der Waals surface area contributed by atoms with Gasteiger partial charge in [0.25, 0.3) is 0 Å². The zero-order chi connectivity index (χ0) is 14.5. The number of carbonyl (C=O) groups is 1. The van der Waals surface area contributed by atoms with Gasteiger partial charge >= 0.3 is 0 Å². The van der Waals surface area contributed by atoms with Crippen LogP contribution in [0, 0.1) is 5.92 Å². The molecular weight excluding hydrogens is 272 g/mol. The summed E-state index contributed by atoms with van der Waals surface area (Å²) in [5, 5.41) is 0.743. The number of carbonyl (C=O) groups excluding carboxylic acids is 1. The Hall–Kier alpha value is -1.06. The average Bonchev–Trinajstić information content (AvgIpc) is 2.39. The molecule has 1 aromatic rings. The highest BCUT2D eigenvalue weighted by Gasteiger charge is 2.20. The van der Waals surface area contributed by atoms with Gasteiger partial charge in [-0.15, -0.1) is 0 Å². The molecule has 4 heteroatoms. The van der Waals surface area contributed by atoms with E-state index in [4.69, 9.17) is 11.6 Å². The summed E-state index contributed by atoms with van der Waals surface area (Å²) < 4.78 is 0. The number of piperidine rings is 1. The number of amides is 1. The highest BCUT2D eigenvalue weighted by molar-refractivity contribution is 6.30. The first kappa shape index (κ1) is 15.3. The van der Waals surface area contributed by atoms with Crippen molar-refractivity contribution in [3.63, 3.8) is 0 Å². The van der Waals surface area contributed by atoms with Crippen LogP contribution in [0.1, 0.15) is 25.3 Å². The van der Waals surface area contributed by atoms with E-state index in [2.05, 4.69) is 6.92 Å². The highest BCUT2D eigenvalue weighted by Crippen LogP contribution is 2.16. The first-order chi connectivity index (χ1) is 9.54.